The summed E-state index contributed by atoms with van der Waals surface area (Å²) in [5.74, 6) is 0.484. The molecular weight excluding hydrogens is 266 g/mol. The monoisotopic (exact) mass is 285 g/mol. The van der Waals surface area contributed by atoms with E-state index in [2.05, 4.69) is 4.72 Å². The van der Waals surface area contributed by atoms with E-state index in [0.717, 1.165) is 12.5 Å². The lowest BCUT2D eigenvalue weighted by Gasteiger charge is -2.08. The Balaban J connectivity index is 1.73. The number of nitrogens with one attached hydrogen (secondary N) is 1. The van der Waals surface area contributed by atoms with Crippen LogP contribution in [0.1, 0.15) is 19.3 Å². The van der Waals surface area contributed by atoms with Crippen molar-refractivity contribution in [3.63, 3.8) is 0 Å². The summed E-state index contributed by atoms with van der Waals surface area (Å²) >= 11 is 0. The number of sulfonamides is 1. The molecule has 1 aliphatic rings. The van der Waals surface area contributed by atoms with Crippen LogP contribution in [0.5, 0.6) is 5.75 Å². The van der Waals surface area contributed by atoms with E-state index in [1.165, 1.54) is 25.0 Å². The van der Waals surface area contributed by atoms with Gasteiger partial charge in [0.05, 0.1) is 0 Å². The second-order valence-corrected chi connectivity index (χ2v) is 6.47. The van der Waals surface area contributed by atoms with Crippen molar-refractivity contribution in [2.45, 2.75) is 24.2 Å². The minimum atomic E-state index is -3.64. The summed E-state index contributed by atoms with van der Waals surface area (Å²) in [6, 6.07) is 5.89. The number of para-hydroxylation sites is 1. The van der Waals surface area contributed by atoms with E-state index in [9.17, 15) is 13.5 Å². The maximum Gasteiger partial charge on any atom is 0.244 e. The second kappa shape index (κ2) is 6.36. The first kappa shape index (κ1) is 14.3. The topological polar surface area (TPSA) is 75.6 Å². The molecule has 0 spiro atoms. The number of hydrogen-bond donors (Lipinski definition) is 2. The van der Waals surface area contributed by atoms with Crippen LogP contribution in [0.25, 0.3) is 0 Å². The summed E-state index contributed by atoms with van der Waals surface area (Å²) in [5.41, 5.74) is 0. The molecule has 1 aliphatic carbocycles. The van der Waals surface area contributed by atoms with Gasteiger partial charge in [0, 0.05) is 19.8 Å². The molecule has 0 unspecified atom stereocenters. The molecule has 0 atom stereocenters. The Kier molecular flexibility index (Phi) is 4.79. The summed E-state index contributed by atoms with van der Waals surface area (Å²) in [7, 11) is -3.64. The molecule has 0 heterocycles. The van der Waals surface area contributed by atoms with Crippen molar-refractivity contribution >= 4 is 10.0 Å². The highest BCUT2D eigenvalue weighted by Gasteiger charge is 2.21. The third-order valence-electron chi connectivity index (χ3n) is 2.96. The molecule has 2 N–H and O–H groups in total. The van der Waals surface area contributed by atoms with Gasteiger partial charge in [-0.05, 0) is 37.3 Å². The highest BCUT2D eigenvalue weighted by atomic mass is 32.2. The average molecular weight is 285 g/mol. The van der Waals surface area contributed by atoms with Crippen LogP contribution >= 0.6 is 0 Å². The first-order chi connectivity index (χ1) is 9.09. The van der Waals surface area contributed by atoms with Crippen LogP contribution in [0.15, 0.2) is 29.2 Å². The van der Waals surface area contributed by atoms with Crippen molar-refractivity contribution in [2.24, 2.45) is 5.92 Å². The van der Waals surface area contributed by atoms with Gasteiger partial charge in [-0.2, -0.15) is 0 Å². The Labute approximate surface area is 113 Å². The van der Waals surface area contributed by atoms with Crippen molar-refractivity contribution in [1.29, 1.82) is 0 Å². The standard InChI is InChI=1S/C13H19NO4S/c15-12-4-1-2-5-13(12)19(16,17)14-8-3-9-18-10-11-6-7-11/h1-2,4-5,11,14-15H,3,6-10H2. The van der Waals surface area contributed by atoms with Crippen LogP contribution in [-0.4, -0.2) is 33.3 Å². The largest absolute Gasteiger partial charge is 0.507 e. The van der Waals surface area contributed by atoms with E-state index in [1.54, 1.807) is 12.1 Å². The fraction of sp³-hybridized carbons (Fsp3) is 0.538. The summed E-state index contributed by atoms with van der Waals surface area (Å²) in [6.45, 7) is 1.65. The Hall–Kier alpha value is -1.11. The smallest absolute Gasteiger partial charge is 0.244 e. The summed E-state index contributed by atoms with van der Waals surface area (Å²) in [6.07, 6.45) is 3.12. The quantitative estimate of drug-likeness (QED) is 0.710. The van der Waals surface area contributed by atoms with Gasteiger partial charge in [0.2, 0.25) is 10.0 Å². The molecule has 6 heteroatoms. The SMILES string of the molecule is O=S(=O)(NCCCOCC1CC1)c1ccccc1O. The van der Waals surface area contributed by atoms with Crippen LogP contribution in [0.2, 0.25) is 0 Å². The number of aromatic hydroxyl groups is 1. The number of ether oxygens (including phenoxy) is 1. The van der Waals surface area contributed by atoms with Gasteiger partial charge in [-0.15, -0.1) is 0 Å². The van der Waals surface area contributed by atoms with E-state index in [1.807, 2.05) is 0 Å². The molecule has 0 bridgehead atoms. The number of hydrogen-bond acceptors (Lipinski definition) is 4. The maximum absolute atomic E-state index is 11.9. The Morgan fingerprint density at radius 3 is 2.74 bits per heavy atom. The lowest BCUT2D eigenvalue weighted by atomic mass is 10.3. The minimum Gasteiger partial charge on any atom is -0.507 e. The second-order valence-electron chi connectivity index (χ2n) is 4.74. The predicted octanol–water partition coefficient (Wildman–Crippen LogP) is 1.49. The fourth-order valence-electron chi connectivity index (χ4n) is 1.68. The lowest BCUT2D eigenvalue weighted by molar-refractivity contribution is 0.123. The minimum absolute atomic E-state index is 0.0890. The maximum atomic E-state index is 11.9. The number of benzene rings is 1. The van der Waals surface area contributed by atoms with Crippen LogP contribution in [0, 0.1) is 5.92 Å². The lowest BCUT2D eigenvalue weighted by Crippen LogP contribution is -2.25. The Bertz CT molecular complexity index is 511. The molecule has 0 aromatic heterocycles. The van der Waals surface area contributed by atoms with E-state index < -0.39 is 10.0 Å². The molecule has 0 radical (unpaired) electrons. The van der Waals surface area contributed by atoms with Gasteiger partial charge < -0.3 is 9.84 Å². The zero-order chi connectivity index (χ0) is 13.7. The highest BCUT2D eigenvalue weighted by Crippen LogP contribution is 2.28. The number of phenols is 1. The van der Waals surface area contributed by atoms with E-state index in [-0.39, 0.29) is 10.6 Å². The van der Waals surface area contributed by atoms with Gasteiger partial charge in [0.25, 0.3) is 0 Å². The van der Waals surface area contributed by atoms with Gasteiger partial charge in [0.1, 0.15) is 10.6 Å². The summed E-state index contributed by atoms with van der Waals surface area (Å²) in [4.78, 5) is -0.0890. The van der Waals surface area contributed by atoms with E-state index >= 15 is 0 Å². The zero-order valence-corrected chi connectivity index (χ0v) is 11.5. The van der Waals surface area contributed by atoms with Gasteiger partial charge in [-0.1, -0.05) is 12.1 Å². The summed E-state index contributed by atoms with van der Waals surface area (Å²) < 4.78 is 31.7. The fourth-order valence-corrected chi connectivity index (χ4v) is 2.85. The molecule has 2 rings (SSSR count). The first-order valence-electron chi connectivity index (χ1n) is 6.45. The van der Waals surface area contributed by atoms with Crippen LogP contribution < -0.4 is 4.72 Å². The normalized spacial score (nSPS) is 15.6. The van der Waals surface area contributed by atoms with Crippen LogP contribution in [-0.2, 0) is 14.8 Å². The van der Waals surface area contributed by atoms with Crippen LogP contribution in [0.3, 0.4) is 0 Å². The molecule has 5 nitrogen and oxygen atoms in total. The average Bonchev–Trinajstić information content (AvgIpc) is 3.18. The van der Waals surface area contributed by atoms with Crippen LogP contribution in [0.4, 0.5) is 0 Å². The molecule has 0 amide bonds. The molecule has 19 heavy (non-hydrogen) atoms. The first-order valence-corrected chi connectivity index (χ1v) is 7.93. The molecule has 1 aromatic carbocycles. The van der Waals surface area contributed by atoms with Gasteiger partial charge in [-0.25, -0.2) is 13.1 Å². The molecule has 1 aromatic rings. The zero-order valence-electron chi connectivity index (χ0n) is 10.7. The highest BCUT2D eigenvalue weighted by molar-refractivity contribution is 7.89. The van der Waals surface area contributed by atoms with Gasteiger partial charge in [-0.3, -0.25) is 0 Å². The van der Waals surface area contributed by atoms with Crippen molar-refractivity contribution in [2.75, 3.05) is 19.8 Å². The Morgan fingerprint density at radius 1 is 1.32 bits per heavy atom. The Morgan fingerprint density at radius 2 is 2.05 bits per heavy atom. The van der Waals surface area contributed by atoms with E-state index in [0.29, 0.717) is 19.6 Å². The molecule has 1 saturated carbocycles. The van der Waals surface area contributed by atoms with Gasteiger partial charge in [0.15, 0.2) is 0 Å². The van der Waals surface area contributed by atoms with Crippen molar-refractivity contribution in [1.82, 2.24) is 4.72 Å². The molecule has 0 aliphatic heterocycles. The third kappa shape index (κ3) is 4.49. The predicted molar refractivity (Wildman–Crippen MR) is 71.5 cm³/mol. The number of rotatable bonds is 8. The molecular formula is C13H19NO4S. The molecule has 106 valence electrons. The van der Waals surface area contributed by atoms with Gasteiger partial charge >= 0.3 is 0 Å². The van der Waals surface area contributed by atoms with E-state index in [4.69, 9.17) is 4.74 Å². The third-order valence-corrected chi connectivity index (χ3v) is 4.47. The van der Waals surface area contributed by atoms with Crippen molar-refractivity contribution in [3.8, 4) is 5.75 Å². The summed E-state index contributed by atoms with van der Waals surface area (Å²) in [5, 5.41) is 9.51. The van der Waals surface area contributed by atoms with Crippen molar-refractivity contribution in [3.05, 3.63) is 24.3 Å². The molecule has 1 fully saturated rings. The molecule has 0 saturated heterocycles. The number of phenolic OH excluding ortho intramolecular Hbond substituents is 1. The van der Waals surface area contributed by atoms with Crippen molar-refractivity contribution < 1.29 is 18.3 Å².